The van der Waals surface area contributed by atoms with E-state index in [0.717, 1.165) is 25.9 Å². The first kappa shape index (κ1) is 12.6. The molecule has 1 fully saturated rings. The summed E-state index contributed by atoms with van der Waals surface area (Å²) in [5, 5.41) is 2.56. The van der Waals surface area contributed by atoms with Gasteiger partial charge in [-0.3, -0.25) is 9.59 Å². The second-order valence-corrected chi connectivity index (χ2v) is 4.82. The summed E-state index contributed by atoms with van der Waals surface area (Å²) in [6.07, 6.45) is 2.75. The van der Waals surface area contributed by atoms with Gasteiger partial charge in [0.25, 0.3) is 5.91 Å². The first-order valence-corrected chi connectivity index (χ1v) is 6.30. The molecule has 18 heavy (non-hydrogen) atoms. The second kappa shape index (κ2) is 5.67. The summed E-state index contributed by atoms with van der Waals surface area (Å²) in [5.74, 6) is 0.758. The topological polar surface area (TPSA) is 49.4 Å². The molecule has 0 aromatic heterocycles. The van der Waals surface area contributed by atoms with Crippen LogP contribution < -0.4 is 5.32 Å². The minimum absolute atomic E-state index is 0.0523. The number of anilines is 1. The highest BCUT2D eigenvalue weighted by atomic mass is 16.2. The molecule has 1 N–H and O–H groups in total. The Labute approximate surface area is 107 Å². The number of rotatable bonds is 3. The standard InChI is InChI=1S/C14H18N2O2/c1-11-5-7-16(8-6-11)14(18)12-3-2-4-13(9-12)15-10-17/h2-4,9-11H,5-8H2,1H3,(H,15,17). The van der Waals surface area contributed by atoms with Gasteiger partial charge >= 0.3 is 0 Å². The third kappa shape index (κ3) is 2.88. The number of piperidine rings is 1. The lowest BCUT2D eigenvalue weighted by Crippen LogP contribution is -2.37. The number of nitrogens with one attached hydrogen (secondary N) is 1. The highest BCUT2D eigenvalue weighted by Crippen LogP contribution is 2.19. The Morgan fingerprint density at radius 3 is 2.78 bits per heavy atom. The Hall–Kier alpha value is -1.84. The van der Waals surface area contributed by atoms with E-state index in [1.807, 2.05) is 4.90 Å². The summed E-state index contributed by atoms with van der Waals surface area (Å²) in [6, 6.07) is 7.06. The normalized spacial score (nSPS) is 16.4. The molecule has 1 aliphatic heterocycles. The lowest BCUT2D eigenvalue weighted by atomic mass is 9.98. The Morgan fingerprint density at radius 2 is 2.11 bits per heavy atom. The van der Waals surface area contributed by atoms with E-state index in [1.165, 1.54) is 0 Å². The maximum absolute atomic E-state index is 12.3. The van der Waals surface area contributed by atoms with E-state index in [4.69, 9.17) is 0 Å². The molecule has 0 bridgehead atoms. The van der Waals surface area contributed by atoms with Gasteiger partial charge in [0.2, 0.25) is 6.41 Å². The number of likely N-dealkylation sites (tertiary alicyclic amines) is 1. The van der Waals surface area contributed by atoms with E-state index in [1.54, 1.807) is 24.3 Å². The second-order valence-electron chi connectivity index (χ2n) is 4.82. The smallest absolute Gasteiger partial charge is 0.253 e. The maximum atomic E-state index is 12.3. The van der Waals surface area contributed by atoms with Gasteiger partial charge in [0.05, 0.1) is 0 Å². The van der Waals surface area contributed by atoms with E-state index in [9.17, 15) is 9.59 Å². The van der Waals surface area contributed by atoms with Crippen molar-refractivity contribution < 1.29 is 9.59 Å². The SMILES string of the molecule is CC1CCN(C(=O)c2cccc(NC=O)c2)CC1. The molecular formula is C14H18N2O2. The van der Waals surface area contributed by atoms with Gasteiger partial charge in [-0.25, -0.2) is 0 Å². The maximum Gasteiger partial charge on any atom is 0.253 e. The summed E-state index contributed by atoms with van der Waals surface area (Å²) in [4.78, 5) is 24.5. The zero-order chi connectivity index (χ0) is 13.0. The molecule has 1 aliphatic rings. The Kier molecular flexibility index (Phi) is 3.97. The van der Waals surface area contributed by atoms with Gasteiger partial charge < -0.3 is 10.2 Å². The van der Waals surface area contributed by atoms with Gasteiger partial charge in [0, 0.05) is 24.3 Å². The molecule has 1 aromatic rings. The van der Waals surface area contributed by atoms with Crippen molar-refractivity contribution in [3.8, 4) is 0 Å². The molecule has 0 unspecified atom stereocenters. The molecule has 1 aromatic carbocycles. The summed E-state index contributed by atoms with van der Waals surface area (Å²) < 4.78 is 0. The van der Waals surface area contributed by atoms with Crippen LogP contribution in [0.5, 0.6) is 0 Å². The Balaban J connectivity index is 2.08. The van der Waals surface area contributed by atoms with Crippen molar-refractivity contribution in [1.29, 1.82) is 0 Å². The van der Waals surface area contributed by atoms with Gasteiger partial charge in [-0.15, -0.1) is 0 Å². The molecule has 1 heterocycles. The van der Waals surface area contributed by atoms with Crippen molar-refractivity contribution in [3.63, 3.8) is 0 Å². The highest BCUT2D eigenvalue weighted by molar-refractivity contribution is 5.95. The molecule has 0 saturated carbocycles. The molecule has 1 saturated heterocycles. The Bertz CT molecular complexity index is 437. The first-order valence-electron chi connectivity index (χ1n) is 6.30. The van der Waals surface area contributed by atoms with Crippen LogP contribution in [-0.2, 0) is 4.79 Å². The zero-order valence-corrected chi connectivity index (χ0v) is 10.6. The van der Waals surface area contributed by atoms with Crippen molar-refractivity contribution in [1.82, 2.24) is 4.90 Å². The van der Waals surface area contributed by atoms with Crippen LogP contribution in [0.3, 0.4) is 0 Å². The van der Waals surface area contributed by atoms with Crippen LogP contribution >= 0.6 is 0 Å². The number of hydrogen-bond donors (Lipinski definition) is 1. The third-order valence-electron chi connectivity index (χ3n) is 3.41. The fourth-order valence-corrected chi connectivity index (χ4v) is 2.20. The number of amides is 2. The van der Waals surface area contributed by atoms with Crippen LogP contribution in [0, 0.1) is 5.92 Å². The highest BCUT2D eigenvalue weighted by Gasteiger charge is 2.21. The van der Waals surface area contributed by atoms with Crippen LogP contribution in [0.1, 0.15) is 30.1 Å². The first-order chi connectivity index (χ1) is 8.70. The van der Waals surface area contributed by atoms with E-state index in [2.05, 4.69) is 12.2 Å². The summed E-state index contributed by atoms with van der Waals surface area (Å²) in [7, 11) is 0. The number of nitrogens with zero attached hydrogens (tertiary/aromatic N) is 1. The molecule has 0 atom stereocenters. The van der Waals surface area contributed by atoms with Crippen LogP contribution in [0.2, 0.25) is 0 Å². The summed E-state index contributed by atoms with van der Waals surface area (Å²) in [6.45, 7) is 3.87. The lowest BCUT2D eigenvalue weighted by Gasteiger charge is -2.30. The lowest BCUT2D eigenvalue weighted by molar-refractivity contribution is -0.105. The fraction of sp³-hybridized carbons (Fsp3) is 0.429. The van der Waals surface area contributed by atoms with Crippen LogP contribution in [0.4, 0.5) is 5.69 Å². The number of hydrogen-bond acceptors (Lipinski definition) is 2. The van der Waals surface area contributed by atoms with Crippen LogP contribution in [-0.4, -0.2) is 30.3 Å². The van der Waals surface area contributed by atoms with Crippen molar-refractivity contribution >= 4 is 18.0 Å². The molecule has 0 aliphatic carbocycles. The van der Waals surface area contributed by atoms with E-state index < -0.39 is 0 Å². The largest absolute Gasteiger partial charge is 0.339 e. The molecule has 4 heteroatoms. The summed E-state index contributed by atoms with van der Waals surface area (Å²) in [5.41, 5.74) is 1.29. The average Bonchev–Trinajstić information content (AvgIpc) is 2.39. The van der Waals surface area contributed by atoms with Crippen molar-refractivity contribution in [2.75, 3.05) is 18.4 Å². The average molecular weight is 246 g/mol. The van der Waals surface area contributed by atoms with Gasteiger partial charge in [0.15, 0.2) is 0 Å². The molecule has 2 amide bonds. The minimum atomic E-state index is 0.0523. The monoisotopic (exact) mass is 246 g/mol. The van der Waals surface area contributed by atoms with Crippen molar-refractivity contribution in [2.45, 2.75) is 19.8 Å². The minimum Gasteiger partial charge on any atom is -0.339 e. The van der Waals surface area contributed by atoms with E-state index in [0.29, 0.717) is 23.6 Å². The van der Waals surface area contributed by atoms with Crippen LogP contribution in [0.15, 0.2) is 24.3 Å². The zero-order valence-electron chi connectivity index (χ0n) is 10.6. The predicted molar refractivity (Wildman–Crippen MR) is 70.4 cm³/mol. The van der Waals surface area contributed by atoms with Gasteiger partial charge in [-0.2, -0.15) is 0 Å². The Morgan fingerprint density at radius 1 is 1.39 bits per heavy atom. The third-order valence-corrected chi connectivity index (χ3v) is 3.41. The summed E-state index contributed by atoms with van der Waals surface area (Å²) >= 11 is 0. The number of carbonyl (C=O) groups excluding carboxylic acids is 2. The van der Waals surface area contributed by atoms with Crippen LogP contribution in [0.25, 0.3) is 0 Å². The fourth-order valence-electron chi connectivity index (χ4n) is 2.20. The van der Waals surface area contributed by atoms with E-state index >= 15 is 0 Å². The number of benzene rings is 1. The van der Waals surface area contributed by atoms with Gasteiger partial charge in [0.1, 0.15) is 0 Å². The predicted octanol–water partition coefficient (Wildman–Crippen LogP) is 2.13. The van der Waals surface area contributed by atoms with Gasteiger partial charge in [-0.05, 0) is 37.0 Å². The molecule has 4 nitrogen and oxygen atoms in total. The van der Waals surface area contributed by atoms with Gasteiger partial charge in [-0.1, -0.05) is 13.0 Å². The van der Waals surface area contributed by atoms with Crippen molar-refractivity contribution in [3.05, 3.63) is 29.8 Å². The number of carbonyl (C=O) groups is 2. The molecular weight excluding hydrogens is 228 g/mol. The molecule has 0 radical (unpaired) electrons. The molecule has 0 spiro atoms. The molecule has 96 valence electrons. The van der Waals surface area contributed by atoms with E-state index in [-0.39, 0.29) is 5.91 Å². The van der Waals surface area contributed by atoms with Crippen molar-refractivity contribution in [2.24, 2.45) is 5.92 Å². The quantitative estimate of drug-likeness (QED) is 0.830. The molecule has 2 rings (SSSR count).